The number of rotatable bonds is 9. The summed E-state index contributed by atoms with van der Waals surface area (Å²) in [6.07, 6.45) is 5.81. The molecule has 1 aliphatic carbocycles. The molecule has 0 amide bonds. The van der Waals surface area contributed by atoms with Gasteiger partial charge in [-0.1, -0.05) is 6.42 Å². The number of nitrogens with zero attached hydrogens (tertiary/aromatic N) is 2. The molecular weight excluding hydrogens is 467 g/mol. The third kappa shape index (κ3) is 8.26. The van der Waals surface area contributed by atoms with Crippen LogP contribution in [0, 0.1) is 5.92 Å². The highest BCUT2D eigenvalue weighted by molar-refractivity contribution is 14.0. The highest BCUT2D eigenvalue weighted by atomic mass is 127. The van der Waals surface area contributed by atoms with Gasteiger partial charge in [0.1, 0.15) is 0 Å². The maximum Gasteiger partial charge on any atom is 0.213 e. The van der Waals surface area contributed by atoms with Crippen LogP contribution in [-0.4, -0.2) is 70.5 Å². The molecule has 0 aromatic rings. The molecule has 0 aromatic heterocycles. The van der Waals surface area contributed by atoms with Gasteiger partial charge in [0.2, 0.25) is 10.0 Å². The Morgan fingerprint density at radius 3 is 2.42 bits per heavy atom. The molecule has 9 heteroatoms. The Morgan fingerprint density at radius 2 is 1.88 bits per heavy atom. The molecule has 0 spiro atoms. The number of nitrogens with one attached hydrogen (secondary N) is 2. The summed E-state index contributed by atoms with van der Waals surface area (Å²) in [4.78, 5) is 6.73. The van der Waals surface area contributed by atoms with Gasteiger partial charge in [0, 0.05) is 32.8 Å². The number of sulfonamides is 1. The van der Waals surface area contributed by atoms with Crippen molar-refractivity contribution in [3.05, 3.63) is 0 Å². The second-order valence-electron chi connectivity index (χ2n) is 6.84. The minimum Gasteiger partial charge on any atom is -0.378 e. The zero-order chi connectivity index (χ0) is 18.1. The van der Waals surface area contributed by atoms with Crippen molar-refractivity contribution in [2.75, 3.05) is 45.1 Å². The number of ether oxygens (including phenoxy) is 1. The van der Waals surface area contributed by atoms with E-state index in [2.05, 4.69) is 19.9 Å². The minimum atomic E-state index is -3.23. The van der Waals surface area contributed by atoms with E-state index in [-0.39, 0.29) is 36.3 Å². The van der Waals surface area contributed by atoms with E-state index >= 15 is 0 Å². The smallest absolute Gasteiger partial charge is 0.213 e. The van der Waals surface area contributed by atoms with Gasteiger partial charge in [0.15, 0.2) is 5.96 Å². The normalized spacial score (nSPS) is 19.8. The van der Waals surface area contributed by atoms with E-state index in [4.69, 9.17) is 4.74 Å². The summed E-state index contributed by atoms with van der Waals surface area (Å²) in [5.41, 5.74) is 0. The van der Waals surface area contributed by atoms with Gasteiger partial charge in [-0.2, -0.15) is 0 Å². The molecule has 1 heterocycles. The Morgan fingerprint density at radius 1 is 1.19 bits per heavy atom. The van der Waals surface area contributed by atoms with Crippen molar-refractivity contribution in [2.24, 2.45) is 10.9 Å². The molecule has 0 radical (unpaired) electrons. The van der Waals surface area contributed by atoms with Gasteiger partial charge >= 0.3 is 0 Å². The molecule has 0 unspecified atom stereocenters. The predicted molar refractivity (Wildman–Crippen MR) is 117 cm³/mol. The fourth-order valence-corrected chi connectivity index (χ4v) is 4.15. The first-order valence-corrected chi connectivity index (χ1v) is 11.3. The van der Waals surface area contributed by atoms with Gasteiger partial charge in [-0.25, -0.2) is 13.1 Å². The van der Waals surface area contributed by atoms with Gasteiger partial charge in [-0.3, -0.25) is 4.99 Å². The van der Waals surface area contributed by atoms with Crippen LogP contribution in [0.15, 0.2) is 4.99 Å². The van der Waals surface area contributed by atoms with Crippen molar-refractivity contribution in [1.82, 2.24) is 14.9 Å². The van der Waals surface area contributed by atoms with Crippen LogP contribution in [0.2, 0.25) is 0 Å². The Balaban J connectivity index is 0.00000338. The third-order valence-electron chi connectivity index (χ3n) is 4.92. The van der Waals surface area contributed by atoms with Crippen molar-refractivity contribution in [2.45, 2.75) is 52.1 Å². The molecule has 2 aliphatic rings. The molecule has 1 saturated heterocycles. The summed E-state index contributed by atoms with van der Waals surface area (Å²) in [6.45, 7) is 8.23. The summed E-state index contributed by atoms with van der Waals surface area (Å²) in [5, 5.41) is 3.27. The lowest BCUT2D eigenvalue weighted by Crippen LogP contribution is -2.47. The first-order chi connectivity index (χ1) is 12.0. The Labute approximate surface area is 175 Å². The quantitative estimate of drug-likeness (QED) is 0.286. The maximum absolute atomic E-state index is 12.1. The Hall–Kier alpha value is -0.130. The molecule has 2 fully saturated rings. The zero-order valence-corrected chi connectivity index (χ0v) is 19.2. The van der Waals surface area contributed by atoms with Crippen LogP contribution in [-0.2, 0) is 14.8 Å². The van der Waals surface area contributed by atoms with Crippen molar-refractivity contribution in [1.29, 1.82) is 0 Å². The van der Waals surface area contributed by atoms with Crippen LogP contribution in [0.3, 0.4) is 0 Å². The zero-order valence-electron chi connectivity index (χ0n) is 16.1. The second kappa shape index (κ2) is 12.4. The van der Waals surface area contributed by atoms with Crippen LogP contribution in [0.5, 0.6) is 0 Å². The highest BCUT2D eigenvalue weighted by Gasteiger charge is 2.22. The monoisotopic (exact) mass is 502 g/mol. The number of hydrogen-bond acceptors (Lipinski definition) is 4. The summed E-state index contributed by atoms with van der Waals surface area (Å²) < 4.78 is 32.6. The molecule has 0 atom stereocenters. The van der Waals surface area contributed by atoms with Crippen LogP contribution >= 0.6 is 24.0 Å². The molecule has 7 nitrogen and oxygen atoms in total. The number of halogens is 1. The van der Waals surface area contributed by atoms with Crippen LogP contribution in [0.4, 0.5) is 0 Å². The second-order valence-corrected chi connectivity index (χ2v) is 8.77. The molecule has 2 N–H and O–H groups in total. The van der Waals surface area contributed by atoms with E-state index in [0.29, 0.717) is 18.6 Å². The third-order valence-corrected chi connectivity index (χ3v) is 6.24. The lowest BCUT2D eigenvalue weighted by Gasteiger charge is -2.34. The van der Waals surface area contributed by atoms with Gasteiger partial charge in [0.05, 0.1) is 18.4 Å². The largest absolute Gasteiger partial charge is 0.378 e. The number of likely N-dealkylation sites (tertiary alicyclic amines) is 1. The highest BCUT2D eigenvalue weighted by Crippen LogP contribution is 2.25. The van der Waals surface area contributed by atoms with E-state index < -0.39 is 10.0 Å². The average molecular weight is 502 g/mol. The molecule has 1 aliphatic heterocycles. The van der Waals surface area contributed by atoms with Gasteiger partial charge in [-0.05, 0) is 45.4 Å². The molecular formula is C17H35IN4O3S. The first-order valence-electron chi connectivity index (χ1n) is 9.66. The predicted octanol–water partition coefficient (Wildman–Crippen LogP) is 1.79. The van der Waals surface area contributed by atoms with Crippen LogP contribution in [0.25, 0.3) is 0 Å². The Kier molecular flexibility index (Phi) is 11.4. The summed E-state index contributed by atoms with van der Waals surface area (Å²) in [6, 6.07) is 0. The lowest BCUT2D eigenvalue weighted by atomic mass is 9.86. The number of hydrogen-bond donors (Lipinski definition) is 2. The van der Waals surface area contributed by atoms with Crippen LogP contribution in [0.1, 0.15) is 46.0 Å². The molecule has 2 rings (SSSR count). The van der Waals surface area contributed by atoms with Crippen molar-refractivity contribution >= 4 is 40.0 Å². The average Bonchev–Trinajstić information content (AvgIpc) is 2.53. The summed E-state index contributed by atoms with van der Waals surface area (Å²) >= 11 is 0. The van der Waals surface area contributed by atoms with E-state index in [1.54, 1.807) is 0 Å². The van der Waals surface area contributed by atoms with Crippen molar-refractivity contribution < 1.29 is 13.2 Å². The molecule has 0 aromatic carbocycles. The SMILES string of the molecule is CCNC(=NCCS(=O)(=O)NCC1CCC1)N1CCC(OCC)CC1.I. The number of aliphatic imine (C=N–C) groups is 1. The maximum atomic E-state index is 12.1. The summed E-state index contributed by atoms with van der Waals surface area (Å²) in [7, 11) is -3.23. The van der Waals surface area contributed by atoms with E-state index in [0.717, 1.165) is 57.9 Å². The van der Waals surface area contributed by atoms with E-state index in [9.17, 15) is 8.42 Å². The molecule has 1 saturated carbocycles. The van der Waals surface area contributed by atoms with E-state index in [1.165, 1.54) is 6.42 Å². The van der Waals surface area contributed by atoms with Crippen molar-refractivity contribution in [3.63, 3.8) is 0 Å². The molecule has 0 bridgehead atoms. The Bertz CT molecular complexity index is 518. The van der Waals surface area contributed by atoms with Gasteiger partial charge in [-0.15, -0.1) is 24.0 Å². The van der Waals surface area contributed by atoms with E-state index in [1.807, 2.05) is 13.8 Å². The lowest BCUT2D eigenvalue weighted by molar-refractivity contribution is 0.0264. The fraction of sp³-hybridized carbons (Fsp3) is 0.941. The fourth-order valence-electron chi connectivity index (χ4n) is 3.18. The topological polar surface area (TPSA) is 83.0 Å². The van der Waals surface area contributed by atoms with Crippen LogP contribution < -0.4 is 10.0 Å². The summed E-state index contributed by atoms with van der Waals surface area (Å²) in [5.74, 6) is 1.39. The number of guanidine groups is 1. The van der Waals surface area contributed by atoms with Crippen molar-refractivity contribution in [3.8, 4) is 0 Å². The first kappa shape index (κ1) is 23.9. The standard InChI is InChI=1S/C17H34N4O3S.HI/c1-3-18-17(21-11-8-16(9-12-21)24-4-2)19-10-13-25(22,23)20-14-15-6-5-7-15;/h15-16,20H,3-14H2,1-2H3,(H,18,19);1H. The minimum absolute atomic E-state index is 0. The molecule has 154 valence electrons. The molecule has 26 heavy (non-hydrogen) atoms. The van der Waals surface area contributed by atoms with Gasteiger partial charge < -0.3 is 15.0 Å². The number of piperidine rings is 1. The van der Waals surface area contributed by atoms with Gasteiger partial charge in [0.25, 0.3) is 0 Å².